The second-order valence-electron chi connectivity index (χ2n) is 4.03. The Balaban J connectivity index is 1.83. The summed E-state index contributed by atoms with van der Waals surface area (Å²) in [5.41, 5.74) is 0. The Bertz CT molecular complexity index is 237. The minimum absolute atomic E-state index is 0.0511. The van der Waals surface area contributed by atoms with Gasteiger partial charge in [0.25, 0.3) is 0 Å². The van der Waals surface area contributed by atoms with Crippen LogP contribution in [0.1, 0.15) is 19.3 Å². The Hall–Kier alpha value is -0.130. The van der Waals surface area contributed by atoms with Crippen LogP contribution in [0.5, 0.6) is 0 Å². The zero-order valence-electron chi connectivity index (χ0n) is 8.58. The van der Waals surface area contributed by atoms with E-state index in [4.69, 9.17) is 9.47 Å². The first-order chi connectivity index (χ1) is 7.29. The highest BCUT2D eigenvalue weighted by Gasteiger charge is 2.34. The van der Waals surface area contributed by atoms with Gasteiger partial charge < -0.3 is 14.8 Å². The van der Waals surface area contributed by atoms with Gasteiger partial charge in [0.15, 0.2) is 0 Å². The van der Waals surface area contributed by atoms with Crippen molar-refractivity contribution in [2.45, 2.75) is 37.5 Å². The largest absolute Gasteiger partial charge is 0.373 e. The fourth-order valence-corrected chi connectivity index (χ4v) is 2.43. The molecule has 3 unspecified atom stereocenters. The van der Waals surface area contributed by atoms with Gasteiger partial charge in [0.2, 0.25) is 5.91 Å². The lowest BCUT2D eigenvalue weighted by Gasteiger charge is -2.39. The first kappa shape index (κ1) is 11.4. The molecule has 1 saturated carbocycles. The quantitative estimate of drug-likeness (QED) is 0.761. The molecule has 2 fully saturated rings. The zero-order valence-corrected chi connectivity index (χ0v) is 10.2. The highest BCUT2D eigenvalue weighted by molar-refractivity contribution is 9.09. The highest BCUT2D eigenvalue weighted by atomic mass is 79.9. The number of ether oxygens (including phenoxy) is 2. The monoisotopic (exact) mass is 277 g/mol. The molecule has 0 aromatic heterocycles. The van der Waals surface area contributed by atoms with Gasteiger partial charge in [-0.2, -0.15) is 0 Å². The molecule has 0 radical (unpaired) electrons. The third kappa shape index (κ3) is 2.92. The van der Waals surface area contributed by atoms with Gasteiger partial charge in [0.05, 0.1) is 30.8 Å². The standard InChI is InChI=1S/C10H16BrNO3/c11-6-10(13)12-7-1-2-8-9(5-7)15-4-3-14-8/h7-9H,1-6H2,(H,12,13). The number of carbonyl (C=O) groups excluding carboxylic acids is 1. The summed E-state index contributed by atoms with van der Waals surface area (Å²) in [5.74, 6) is 0.0511. The summed E-state index contributed by atoms with van der Waals surface area (Å²) < 4.78 is 11.3. The third-order valence-electron chi connectivity index (χ3n) is 2.96. The average molecular weight is 278 g/mol. The van der Waals surface area contributed by atoms with Gasteiger partial charge in [0.1, 0.15) is 0 Å². The van der Waals surface area contributed by atoms with Gasteiger partial charge in [-0.25, -0.2) is 0 Å². The number of carbonyl (C=O) groups is 1. The van der Waals surface area contributed by atoms with Crippen molar-refractivity contribution in [3.63, 3.8) is 0 Å². The van der Waals surface area contributed by atoms with Crippen LogP contribution in [0.25, 0.3) is 0 Å². The average Bonchev–Trinajstić information content (AvgIpc) is 2.29. The van der Waals surface area contributed by atoms with Crippen molar-refractivity contribution in [1.29, 1.82) is 0 Å². The van der Waals surface area contributed by atoms with E-state index in [0.717, 1.165) is 19.3 Å². The van der Waals surface area contributed by atoms with Crippen molar-refractivity contribution in [1.82, 2.24) is 5.32 Å². The Labute approximate surface area is 97.8 Å². The Morgan fingerprint density at radius 2 is 2.00 bits per heavy atom. The van der Waals surface area contributed by atoms with Gasteiger partial charge in [-0.1, -0.05) is 15.9 Å². The number of hydrogen-bond acceptors (Lipinski definition) is 3. The van der Waals surface area contributed by atoms with E-state index in [0.29, 0.717) is 18.5 Å². The number of nitrogens with one attached hydrogen (secondary N) is 1. The molecular weight excluding hydrogens is 262 g/mol. The second-order valence-corrected chi connectivity index (χ2v) is 4.59. The molecule has 3 atom stereocenters. The number of alkyl halides is 1. The van der Waals surface area contributed by atoms with Crippen molar-refractivity contribution >= 4 is 21.8 Å². The predicted octanol–water partition coefficient (Wildman–Crippen LogP) is 0.834. The fourth-order valence-electron chi connectivity index (χ4n) is 2.26. The number of rotatable bonds is 2. The Morgan fingerprint density at radius 1 is 1.27 bits per heavy atom. The van der Waals surface area contributed by atoms with Crippen molar-refractivity contribution in [2.24, 2.45) is 0 Å². The lowest BCUT2D eigenvalue weighted by atomic mass is 9.89. The number of halogens is 1. The summed E-state index contributed by atoms with van der Waals surface area (Å²) >= 11 is 3.14. The van der Waals surface area contributed by atoms with E-state index in [2.05, 4.69) is 21.2 Å². The molecule has 2 rings (SSSR count). The van der Waals surface area contributed by atoms with Gasteiger partial charge >= 0.3 is 0 Å². The van der Waals surface area contributed by atoms with E-state index in [9.17, 15) is 4.79 Å². The molecule has 1 heterocycles. The first-order valence-corrected chi connectivity index (χ1v) is 6.50. The van der Waals surface area contributed by atoms with Crippen LogP contribution in [0.15, 0.2) is 0 Å². The summed E-state index contributed by atoms with van der Waals surface area (Å²) in [6, 6.07) is 0.248. The predicted molar refractivity (Wildman–Crippen MR) is 59.1 cm³/mol. The van der Waals surface area contributed by atoms with Crippen LogP contribution in [-0.4, -0.2) is 42.7 Å². The Kier molecular flexibility index (Phi) is 3.99. The van der Waals surface area contributed by atoms with Crippen LogP contribution in [0.3, 0.4) is 0 Å². The van der Waals surface area contributed by atoms with Gasteiger partial charge in [-0.05, 0) is 19.3 Å². The van der Waals surface area contributed by atoms with Gasteiger partial charge in [-0.15, -0.1) is 0 Å². The van der Waals surface area contributed by atoms with E-state index in [1.54, 1.807) is 0 Å². The molecule has 5 heteroatoms. The highest BCUT2D eigenvalue weighted by Crippen LogP contribution is 2.26. The summed E-state index contributed by atoms with van der Waals surface area (Å²) in [7, 11) is 0. The zero-order chi connectivity index (χ0) is 10.7. The molecule has 1 N–H and O–H groups in total. The maximum absolute atomic E-state index is 11.2. The van der Waals surface area contributed by atoms with Crippen molar-refractivity contribution in [2.75, 3.05) is 18.5 Å². The summed E-state index contributed by atoms with van der Waals surface area (Å²) in [6.07, 6.45) is 3.27. The van der Waals surface area contributed by atoms with Gasteiger partial charge in [0, 0.05) is 6.04 Å². The molecule has 0 bridgehead atoms. The molecule has 1 saturated heterocycles. The summed E-state index contributed by atoms with van der Waals surface area (Å²) in [6.45, 7) is 1.39. The minimum Gasteiger partial charge on any atom is -0.373 e. The fraction of sp³-hybridized carbons (Fsp3) is 0.900. The van der Waals surface area contributed by atoms with E-state index < -0.39 is 0 Å². The molecule has 1 amide bonds. The second kappa shape index (κ2) is 5.27. The van der Waals surface area contributed by atoms with Crippen molar-refractivity contribution < 1.29 is 14.3 Å². The smallest absolute Gasteiger partial charge is 0.230 e. The van der Waals surface area contributed by atoms with Crippen molar-refractivity contribution in [3.05, 3.63) is 0 Å². The van der Waals surface area contributed by atoms with Crippen LogP contribution in [0, 0.1) is 0 Å². The molecule has 4 nitrogen and oxygen atoms in total. The molecule has 86 valence electrons. The maximum atomic E-state index is 11.2. The Morgan fingerprint density at radius 3 is 2.73 bits per heavy atom. The molecule has 2 aliphatic rings. The summed E-state index contributed by atoms with van der Waals surface area (Å²) in [5, 5.41) is 3.35. The van der Waals surface area contributed by atoms with E-state index in [1.807, 2.05) is 0 Å². The number of hydrogen-bond donors (Lipinski definition) is 1. The number of fused-ring (bicyclic) bond motifs is 1. The normalized spacial score (nSPS) is 35.7. The van der Waals surface area contributed by atoms with E-state index in [-0.39, 0.29) is 24.2 Å². The minimum atomic E-state index is 0.0511. The van der Waals surface area contributed by atoms with Crippen LogP contribution >= 0.6 is 15.9 Å². The molecule has 1 aliphatic heterocycles. The molecule has 0 aromatic rings. The van der Waals surface area contributed by atoms with E-state index in [1.165, 1.54) is 0 Å². The molecular formula is C10H16BrNO3. The third-order valence-corrected chi connectivity index (χ3v) is 3.47. The molecule has 0 spiro atoms. The van der Waals surface area contributed by atoms with Crippen molar-refractivity contribution in [3.8, 4) is 0 Å². The van der Waals surface area contributed by atoms with Crippen LogP contribution in [0.4, 0.5) is 0 Å². The van der Waals surface area contributed by atoms with Crippen LogP contribution in [0.2, 0.25) is 0 Å². The first-order valence-electron chi connectivity index (χ1n) is 5.38. The van der Waals surface area contributed by atoms with E-state index >= 15 is 0 Å². The SMILES string of the molecule is O=C(CBr)NC1CCC2OCCOC2C1. The molecule has 15 heavy (non-hydrogen) atoms. The topological polar surface area (TPSA) is 47.6 Å². The van der Waals surface area contributed by atoms with Gasteiger partial charge in [-0.3, -0.25) is 4.79 Å². The maximum Gasteiger partial charge on any atom is 0.230 e. The lowest BCUT2D eigenvalue weighted by molar-refractivity contribution is -0.158. The molecule has 0 aromatic carbocycles. The van der Waals surface area contributed by atoms with Crippen LogP contribution in [-0.2, 0) is 14.3 Å². The molecule has 1 aliphatic carbocycles. The number of amides is 1. The van der Waals surface area contributed by atoms with Crippen LogP contribution < -0.4 is 5.32 Å². The lowest BCUT2D eigenvalue weighted by Crippen LogP contribution is -2.49. The summed E-state index contributed by atoms with van der Waals surface area (Å²) in [4.78, 5) is 11.2.